The molecular weight excluding hydrogens is 186 g/mol. The molecule has 3 atom stereocenters. The molecule has 0 spiro atoms. The van der Waals surface area contributed by atoms with Gasteiger partial charge in [-0.1, -0.05) is 6.42 Å². The Morgan fingerprint density at radius 1 is 1.33 bits per heavy atom. The van der Waals surface area contributed by atoms with Gasteiger partial charge in [-0.3, -0.25) is 4.68 Å². The van der Waals surface area contributed by atoms with Gasteiger partial charge in [0.15, 0.2) is 0 Å². The Bertz CT molecular complexity index is 344. The molecule has 1 saturated carbocycles. The van der Waals surface area contributed by atoms with E-state index in [1.165, 1.54) is 37.8 Å². The van der Waals surface area contributed by atoms with Crippen LogP contribution < -0.4 is 5.32 Å². The van der Waals surface area contributed by atoms with Gasteiger partial charge in [-0.25, -0.2) is 0 Å². The van der Waals surface area contributed by atoms with E-state index in [2.05, 4.69) is 16.5 Å². The van der Waals surface area contributed by atoms with E-state index in [9.17, 15) is 0 Å². The first kappa shape index (κ1) is 9.40. The molecule has 0 radical (unpaired) electrons. The third kappa shape index (κ3) is 1.69. The van der Waals surface area contributed by atoms with Crippen LogP contribution in [-0.2, 0) is 7.05 Å². The van der Waals surface area contributed by atoms with Gasteiger partial charge in [0.1, 0.15) is 0 Å². The minimum absolute atomic E-state index is 0.505. The highest BCUT2D eigenvalue weighted by Gasteiger charge is 2.34. The lowest BCUT2D eigenvalue weighted by Gasteiger charge is -2.32. The predicted octanol–water partition coefficient (Wildman–Crippen LogP) is 2.01. The Balaban J connectivity index is 1.73. The van der Waals surface area contributed by atoms with E-state index in [0.717, 1.165) is 12.0 Å². The van der Waals surface area contributed by atoms with E-state index in [0.29, 0.717) is 6.04 Å². The number of fused-ring (bicyclic) bond motifs is 1. The summed E-state index contributed by atoms with van der Waals surface area (Å²) in [6.45, 7) is 0. The van der Waals surface area contributed by atoms with Gasteiger partial charge in [0.2, 0.25) is 0 Å². The van der Waals surface area contributed by atoms with Crippen LogP contribution in [0.2, 0.25) is 0 Å². The van der Waals surface area contributed by atoms with E-state index in [-0.39, 0.29) is 0 Å². The van der Waals surface area contributed by atoms with Gasteiger partial charge in [0.25, 0.3) is 0 Å². The molecule has 2 fully saturated rings. The normalized spacial score (nSPS) is 35.4. The summed E-state index contributed by atoms with van der Waals surface area (Å²) < 4.78 is 1.90. The molecular formula is C12H19N3. The van der Waals surface area contributed by atoms with Crippen molar-refractivity contribution < 1.29 is 0 Å². The molecule has 3 rings (SSSR count). The molecule has 0 amide bonds. The van der Waals surface area contributed by atoms with E-state index >= 15 is 0 Å². The van der Waals surface area contributed by atoms with Crippen molar-refractivity contribution in [1.29, 1.82) is 0 Å². The van der Waals surface area contributed by atoms with E-state index in [4.69, 9.17) is 0 Å². The van der Waals surface area contributed by atoms with E-state index < -0.39 is 0 Å². The first-order valence-corrected chi connectivity index (χ1v) is 6.08. The molecule has 0 bridgehead atoms. The van der Waals surface area contributed by atoms with Gasteiger partial charge >= 0.3 is 0 Å². The van der Waals surface area contributed by atoms with Crippen LogP contribution in [0.5, 0.6) is 0 Å². The maximum absolute atomic E-state index is 4.50. The SMILES string of the molecule is Cn1ccc(C2CCC3CCCC3N2)n1. The summed E-state index contributed by atoms with van der Waals surface area (Å²) in [7, 11) is 1.99. The Hall–Kier alpha value is -0.830. The number of rotatable bonds is 1. The number of hydrogen-bond donors (Lipinski definition) is 1. The molecule has 0 aromatic carbocycles. The fraction of sp³-hybridized carbons (Fsp3) is 0.750. The van der Waals surface area contributed by atoms with Crippen LogP contribution in [-0.4, -0.2) is 15.8 Å². The lowest BCUT2D eigenvalue weighted by atomic mass is 9.89. The number of aromatic nitrogens is 2. The molecule has 1 aliphatic heterocycles. The molecule has 2 aliphatic rings. The van der Waals surface area contributed by atoms with Crippen LogP contribution >= 0.6 is 0 Å². The zero-order chi connectivity index (χ0) is 10.3. The predicted molar refractivity (Wildman–Crippen MR) is 59.4 cm³/mol. The quantitative estimate of drug-likeness (QED) is 0.760. The highest BCUT2D eigenvalue weighted by molar-refractivity contribution is 5.08. The van der Waals surface area contributed by atoms with Crippen LogP contribution in [0.4, 0.5) is 0 Å². The molecule has 3 unspecified atom stereocenters. The van der Waals surface area contributed by atoms with Crippen LogP contribution in [0.3, 0.4) is 0 Å². The third-order valence-corrected chi connectivity index (χ3v) is 3.99. The molecule has 2 heterocycles. The van der Waals surface area contributed by atoms with Crippen molar-refractivity contribution in [3.05, 3.63) is 18.0 Å². The monoisotopic (exact) mass is 205 g/mol. The van der Waals surface area contributed by atoms with Crippen molar-refractivity contribution >= 4 is 0 Å². The number of nitrogens with zero attached hydrogens (tertiary/aromatic N) is 2. The molecule has 1 saturated heterocycles. The Labute approximate surface area is 90.9 Å². The summed E-state index contributed by atoms with van der Waals surface area (Å²) in [4.78, 5) is 0. The molecule has 1 aromatic heterocycles. The fourth-order valence-corrected chi connectivity index (χ4v) is 3.18. The van der Waals surface area contributed by atoms with Crippen LogP contribution in [0, 0.1) is 5.92 Å². The zero-order valence-electron chi connectivity index (χ0n) is 9.32. The summed E-state index contributed by atoms with van der Waals surface area (Å²) in [5.41, 5.74) is 1.22. The topological polar surface area (TPSA) is 29.9 Å². The number of hydrogen-bond acceptors (Lipinski definition) is 2. The Kier molecular flexibility index (Phi) is 2.28. The van der Waals surface area contributed by atoms with Crippen LogP contribution in [0.15, 0.2) is 12.3 Å². The molecule has 3 heteroatoms. The molecule has 1 N–H and O–H groups in total. The maximum atomic E-state index is 4.50. The fourth-order valence-electron chi connectivity index (χ4n) is 3.18. The molecule has 1 aromatic rings. The highest BCUT2D eigenvalue weighted by atomic mass is 15.3. The summed E-state index contributed by atoms with van der Waals surface area (Å²) in [5.74, 6) is 0.949. The minimum atomic E-state index is 0.505. The summed E-state index contributed by atoms with van der Waals surface area (Å²) in [6, 6.07) is 3.42. The van der Waals surface area contributed by atoms with Crippen molar-refractivity contribution in [3.8, 4) is 0 Å². The Morgan fingerprint density at radius 3 is 3.07 bits per heavy atom. The van der Waals surface area contributed by atoms with Crippen molar-refractivity contribution in [2.24, 2.45) is 13.0 Å². The molecule has 15 heavy (non-hydrogen) atoms. The standard InChI is InChI=1S/C12H19N3/c1-15-8-7-12(14-15)11-6-5-9-3-2-4-10(9)13-11/h7-11,13H,2-6H2,1H3. The highest BCUT2D eigenvalue weighted by Crippen LogP contribution is 2.37. The second kappa shape index (κ2) is 3.63. The second-order valence-electron chi connectivity index (χ2n) is 5.01. The summed E-state index contributed by atoms with van der Waals surface area (Å²) >= 11 is 0. The third-order valence-electron chi connectivity index (χ3n) is 3.99. The summed E-state index contributed by atoms with van der Waals surface area (Å²) in [5, 5.41) is 8.27. The van der Waals surface area contributed by atoms with Crippen LogP contribution in [0.25, 0.3) is 0 Å². The average Bonchev–Trinajstić information content (AvgIpc) is 2.84. The Morgan fingerprint density at radius 2 is 2.27 bits per heavy atom. The van der Waals surface area contributed by atoms with Crippen molar-refractivity contribution in [2.45, 2.75) is 44.2 Å². The maximum Gasteiger partial charge on any atom is 0.0793 e. The lowest BCUT2D eigenvalue weighted by Crippen LogP contribution is -2.40. The second-order valence-corrected chi connectivity index (χ2v) is 5.01. The van der Waals surface area contributed by atoms with Gasteiger partial charge in [0, 0.05) is 19.3 Å². The molecule has 3 nitrogen and oxygen atoms in total. The average molecular weight is 205 g/mol. The van der Waals surface area contributed by atoms with Crippen molar-refractivity contribution in [2.75, 3.05) is 0 Å². The number of piperidine rings is 1. The van der Waals surface area contributed by atoms with Gasteiger partial charge in [0.05, 0.1) is 11.7 Å². The van der Waals surface area contributed by atoms with E-state index in [1.54, 1.807) is 0 Å². The van der Waals surface area contributed by atoms with E-state index in [1.807, 2.05) is 17.9 Å². The van der Waals surface area contributed by atoms with Gasteiger partial charge in [-0.2, -0.15) is 5.10 Å². The first-order valence-electron chi connectivity index (χ1n) is 6.08. The molecule has 1 aliphatic carbocycles. The van der Waals surface area contributed by atoms with Gasteiger partial charge in [-0.05, 0) is 37.7 Å². The van der Waals surface area contributed by atoms with Gasteiger partial charge in [-0.15, -0.1) is 0 Å². The van der Waals surface area contributed by atoms with Gasteiger partial charge < -0.3 is 5.32 Å². The smallest absolute Gasteiger partial charge is 0.0793 e. The zero-order valence-corrected chi connectivity index (χ0v) is 9.32. The lowest BCUT2D eigenvalue weighted by molar-refractivity contribution is 0.257. The first-order chi connectivity index (χ1) is 7.33. The minimum Gasteiger partial charge on any atom is -0.305 e. The van der Waals surface area contributed by atoms with Crippen molar-refractivity contribution in [3.63, 3.8) is 0 Å². The summed E-state index contributed by atoms with van der Waals surface area (Å²) in [6.07, 6.45) is 8.91. The number of aryl methyl sites for hydroxylation is 1. The number of nitrogens with one attached hydrogen (secondary N) is 1. The van der Waals surface area contributed by atoms with Crippen molar-refractivity contribution in [1.82, 2.24) is 15.1 Å². The largest absolute Gasteiger partial charge is 0.305 e. The van der Waals surface area contributed by atoms with Crippen LogP contribution in [0.1, 0.15) is 43.8 Å². The molecule has 82 valence electrons.